The fraction of sp³-hybridized carbons (Fsp3) is 0.667. The molecule has 0 amide bonds. The van der Waals surface area contributed by atoms with E-state index in [9.17, 15) is 13.2 Å². The molecule has 1 aromatic carbocycles. The van der Waals surface area contributed by atoms with Crippen LogP contribution in [0.4, 0.5) is 13.2 Å². The Balaban J connectivity index is 0.00000320. The Labute approximate surface area is 193 Å². The molecule has 2 aliphatic heterocycles. The van der Waals surface area contributed by atoms with Crippen LogP contribution >= 0.6 is 24.0 Å². The van der Waals surface area contributed by atoms with Crippen molar-refractivity contribution in [2.75, 3.05) is 45.9 Å². The first-order valence-corrected chi connectivity index (χ1v) is 10.4. The number of likely N-dealkylation sites (tertiary alicyclic amines) is 1. The average Bonchev–Trinajstić information content (AvgIpc) is 3.13. The van der Waals surface area contributed by atoms with E-state index in [0.29, 0.717) is 51.8 Å². The van der Waals surface area contributed by atoms with Crippen LogP contribution in [0, 0.1) is 0 Å². The van der Waals surface area contributed by atoms with Crippen molar-refractivity contribution in [3.63, 3.8) is 0 Å². The van der Waals surface area contributed by atoms with E-state index in [1.54, 1.807) is 0 Å². The molecule has 1 unspecified atom stereocenters. The number of ether oxygens (including phenoxy) is 1. The summed E-state index contributed by atoms with van der Waals surface area (Å²) in [7, 11) is 0. The Morgan fingerprint density at radius 2 is 1.93 bits per heavy atom. The number of benzene rings is 1. The van der Waals surface area contributed by atoms with Gasteiger partial charge in [0.25, 0.3) is 0 Å². The third-order valence-corrected chi connectivity index (χ3v) is 5.74. The van der Waals surface area contributed by atoms with Gasteiger partial charge in [-0.3, -0.25) is 9.89 Å². The molecule has 2 saturated heterocycles. The van der Waals surface area contributed by atoms with Crippen LogP contribution in [0.5, 0.6) is 0 Å². The van der Waals surface area contributed by atoms with Gasteiger partial charge >= 0.3 is 6.18 Å². The third kappa shape index (κ3) is 7.26. The minimum Gasteiger partial charge on any atom is -0.381 e. The lowest BCUT2D eigenvalue weighted by atomic mass is 9.74. The maximum Gasteiger partial charge on any atom is 0.401 e. The SMILES string of the molecule is CCNC(=NCC1(c2ccccc2)CCOCC1)NC1CCN(CC(F)(F)F)C1.I. The molecule has 9 heteroatoms. The zero-order valence-corrected chi connectivity index (χ0v) is 19.7. The molecule has 1 atom stereocenters. The molecular weight excluding hydrogens is 508 g/mol. The quantitative estimate of drug-likeness (QED) is 0.330. The summed E-state index contributed by atoms with van der Waals surface area (Å²) in [5.41, 5.74) is 1.19. The van der Waals surface area contributed by atoms with Crippen LogP contribution in [0.1, 0.15) is 31.7 Å². The highest BCUT2D eigenvalue weighted by Gasteiger charge is 2.36. The summed E-state index contributed by atoms with van der Waals surface area (Å²) in [4.78, 5) is 6.30. The monoisotopic (exact) mass is 540 g/mol. The van der Waals surface area contributed by atoms with E-state index in [1.807, 2.05) is 25.1 Å². The summed E-state index contributed by atoms with van der Waals surface area (Å²) < 4.78 is 43.5. The van der Waals surface area contributed by atoms with Crippen molar-refractivity contribution in [3.8, 4) is 0 Å². The first-order valence-electron chi connectivity index (χ1n) is 10.4. The van der Waals surface area contributed by atoms with Crippen LogP contribution in [0.25, 0.3) is 0 Å². The number of nitrogens with zero attached hydrogens (tertiary/aromatic N) is 2. The first kappa shape index (κ1) is 25.2. The molecule has 3 rings (SSSR count). The van der Waals surface area contributed by atoms with E-state index in [0.717, 1.165) is 12.8 Å². The zero-order valence-electron chi connectivity index (χ0n) is 17.4. The maximum atomic E-state index is 12.6. The van der Waals surface area contributed by atoms with Gasteiger partial charge in [0.15, 0.2) is 5.96 Å². The van der Waals surface area contributed by atoms with Crippen molar-refractivity contribution < 1.29 is 17.9 Å². The lowest BCUT2D eigenvalue weighted by molar-refractivity contribution is -0.143. The van der Waals surface area contributed by atoms with Crippen LogP contribution < -0.4 is 10.6 Å². The number of aliphatic imine (C=N–C) groups is 1. The number of nitrogens with one attached hydrogen (secondary N) is 2. The number of rotatable bonds is 6. The largest absolute Gasteiger partial charge is 0.401 e. The van der Waals surface area contributed by atoms with E-state index >= 15 is 0 Å². The number of hydrogen-bond donors (Lipinski definition) is 2. The van der Waals surface area contributed by atoms with E-state index < -0.39 is 12.7 Å². The van der Waals surface area contributed by atoms with E-state index in [1.165, 1.54) is 10.5 Å². The van der Waals surface area contributed by atoms with E-state index in [4.69, 9.17) is 9.73 Å². The molecule has 2 aliphatic rings. The van der Waals surface area contributed by atoms with Gasteiger partial charge in [0.2, 0.25) is 0 Å². The van der Waals surface area contributed by atoms with Gasteiger partial charge in [-0.2, -0.15) is 13.2 Å². The highest BCUT2D eigenvalue weighted by molar-refractivity contribution is 14.0. The normalized spacial score (nSPS) is 22.4. The fourth-order valence-corrected chi connectivity index (χ4v) is 4.18. The van der Waals surface area contributed by atoms with Gasteiger partial charge in [-0.05, 0) is 31.7 Å². The Hall–Kier alpha value is -1.07. The van der Waals surface area contributed by atoms with Gasteiger partial charge in [-0.1, -0.05) is 30.3 Å². The van der Waals surface area contributed by atoms with Crippen molar-refractivity contribution >= 4 is 29.9 Å². The molecule has 0 saturated carbocycles. The standard InChI is InChI=1S/C21H31F3N4O.HI/c1-2-25-19(27-18-8-11-28(14-18)16-21(22,23)24)26-15-20(9-12-29-13-10-20)17-6-4-3-5-7-17;/h3-7,18H,2,8-16H2,1H3,(H2,25,26,27);1H. The van der Waals surface area contributed by atoms with Crippen LogP contribution in [0.15, 0.2) is 35.3 Å². The van der Waals surface area contributed by atoms with Crippen molar-refractivity contribution in [3.05, 3.63) is 35.9 Å². The summed E-state index contributed by atoms with van der Waals surface area (Å²) in [5.74, 6) is 0.674. The van der Waals surface area contributed by atoms with Crippen LogP contribution in [-0.2, 0) is 10.2 Å². The predicted molar refractivity (Wildman–Crippen MR) is 124 cm³/mol. The highest BCUT2D eigenvalue weighted by Crippen LogP contribution is 2.35. The Morgan fingerprint density at radius 1 is 1.23 bits per heavy atom. The number of hydrogen-bond acceptors (Lipinski definition) is 3. The highest BCUT2D eigenvalue weighted by atomic mass is 127. The summed E-state index contributed by atoms with van der Waals surface area (Å²) in [6, 6.07) is 10.4. The van der Waals surface area contributed by atoms with Crippen molar-refractivity contribution in [2.45, 2.75) is 43.8 Å². The molecule has 0 bridgehead atoms. The van der Waals surface area contributed by atoms with Crippen LogP contribution in [-0.4, -0.2) is 69.0 Å². The van der Waals surface area contributed by atoms with Crippen LogP contribution in [0.3, 0.4) is 0 Å². The molecule has 0 aromatic heterocycles. The van der Waals surface area contributed by atoms with Gasteiger partial charge in [0, 0.05) is 44.3 Å². The average molecular weight is 540 g/mol. The van der Waals surface area contributed by atoms with Gasteiger partial charge in [0.1, 0.15) is 0 Å². The molecule has 5 nitrogen and oxygen atoms in total. The summed E-state index contributed by atoms with van der Waals surface area (Å²) in [5, 5.41) is 6.59. The molecule has 0 aliphatic carbocycles. The summed E-state index contributed by atoms with van der Waals surface area (Å²) in [6.45, 7) is 4.70. The molecule has 170 valence electrons. The second-order valence-electron chi connectivity index (χ2n) is 7.93. The minimum atomic E-state index is -4.15. The van der Waals surface area contributed by atoms with Crippen molar-refractivity contribution in [1.82, 2.24) is 15.5 Å². The minimum absolute atomic E-state index is 0. The molecular formula is C21H32F3IN4O. The number of guanidine groups is 1. The molecule has 2 heterocycles. The Morgan fingerprint density at radius 3 is 2.57 bits per heavy atom. The first-order chi connectivity index (χ1) is 13.9. The van der Waals surface area contributed by atoms with Gasteiger partial charge in [0.05, 0.1) is 13.1 Å². The Bertz CT molecular complexity index is 666. The summed E-state index contributed by atoms with van der Waals surface area (Å²) in [6.07, 6.45) is -1.66. The van der Waals surface area contributed by atoms with E-state index in [2.05, 4.69) is 22.8 Å². The van der Waals surface area contributed by atoms with Gasteiger partial charge in [-0.25, -0.2) is 0 Å². The van der Waals surface area contributed by atoms with Crippen molar-refractivity contribution in [1.29, 1.82) is 0 Å². The number of alkyl halides is 3. The van der Waals surface area contributed by atoms with Crippen molar-refractivity contribution in [2.24, 2.45) is 4.99 Å². The Kier molecular flexibility index (Phi) is 9.67. The maximum absolute atomic E-state index is 12.6. The molecule has 0 spiro atoms. The molecule has 0 radical (unpaired) electrons. The number of halogens is 4. The lowest BCUT2D eigenvalue weighted by Crippen LogP contribution is -2.46. The predicted octanol–water partition coefficient (Wildman–Crippen LogP) is 3.54. The molecule has 2 N–H and O–H groups in total. The second kappa shape index (κ2) is 11.5. The smallest absolute Gasteiger partial charge is 0.381 e. The third-order valence-electron chi connectivity index (χ3n) is 5.74. The second-order valence-corrected chi connectivity index (χ2v) is 7.93. The molecule has 30 heavy (non-hydrogen) atoms. The van der Waals surface area contributed by atoms with Crippen LogP contribution in [0.2, 0.25) is 0 Å². The summed E-state index contributed by atoms with van der Waals surface area (Å²) >= 11 is 0. The topological polar surface area (TPSA) is 48.9 Å². The van der Waals surface area contributed by atoms with Gasteiger partial charge in [-0.15, -0.1) is 24.0 Å². The van der Waals surface area contributed by atoms with E-state index in [-0.39, 0.29) is 35.4 Å². The lowest BCUT2D eigenvalue weighted by Gasteiger charge is -2.36. The zero-order chi connectivity index (χ0) is 20.7. The molecule has 1 aromatic rings. The van der Waals surface area contributed by atoms with Gasteiger partial charge < -0.3 is 15.4 Å². The fourth-order valence-electron chi connectivity index (χ4n) is 4.18. The molecule has 2 fully saturated rings.